The minimum atomic E-state index is -3.32. The van der Waals surface area contributed by atoms with Crippen LogP contribution in [-0.2, 0) is 73.3 Å². The van der Waals surface area contributed by atoms with Crippen molar-refractivity contribution in [2.75, 3.05) is 13.7 Å². The Labute approximate surface area is 256 Å². The van der Waals surface area contributed by atoms with Crippen molar-refractivity contribution >= 4 is 41.9 Å². The summed E-state index contributed by atoms with van der Waals surface area (Å²) in [5.41, 5.74) is 0.553. The van der Waals surface area contributed by atoms with Crippen molar-refractivity contribution in [3.05, 3.63) is 35.9 Å². The van der Waals surface area contributed by atoms with Gasteiger partial charge >= 0.3 is 47.7 Å². The van der Waals surface area contributed by atoms with E-state index < -0.39 is 90.9 Å². The van der Waals surface area contributed by atoms with E-state index in [4.69, 9.17) is 33.2 Å². The third-order valence-corrected chi connectivity index (χ3v) is 6.00. The van der Waals surface area contributed by atoms with E-state index in [1.54, 1.807) is 30.3 Å². The molecule has 1 heterocycles. The largest absolute Gasteiger partial charge is 0.464 e. The fraction of sp³-hybridized carbons (Fsp3) is 0.536. The Balaban J connectivity index is 2.75. The van der Waals surface area contributed by atoms with E-state index in [2.05, 4.69) is 10.1 Å². The molecule has 1 aromatic carbocycles. The minimum absolute atomic E-state index is 0.280. The Morgan fingerprint density at radius 2 is 1.49 bits per heavy atom. The second kappa shape index (κ2) is 16.3. The summed E-state index contributed by atoms with van der Waals surface area (Å²) in [6, 6.07) is 6.43. The lowest BCUT2D eigenvalue weighted by Gasteiger charge is -2.49. The SMILES string of the molecule is COC(=O)C1(OC(C)=O)O[C@@H]([C@H](OC(C)=O)[C@@H](COC(C)=O)OC(C)=O)[C@H](NC(=O)OCc2ccccc2)[C@@H](OC(C)=O)[C@H]1F. The molecular weight excluding hydrogens is 609 g/mol. The highest BCUT2D eigenvalue weighted by molar-refractivity contribution is 5.83. The molecule has 0 aromatic heterocycles. The number of amides is 1. The van der Waals surface area contributed by atoms with Crippen LogP contribution in [0.5, 0.6) is 0 Å². The van der Waals surface area contributed by atoms with Crippen molar-refractivity contribution in [2.45, 2.75) is 83.6 Å². The van der Waals surface area contributed by atoms with Crippen molar-refractivity contribution in [3.8, 4) is 0 Å². The van der Waals surface area contributed by atoms with Crippen LogP contribution in [0.15, 0.2) is 30.3 Å². The van der Waals surface area contributed by atoms with Gasteiger partial charge in [-0.2, -0.15) is 0 Å². The van der Waals surface area contributed by atoms with E-state index in [1.165, 1.54) is 0 Å². The number of benzene rings is 1. The highest BCUT2D eigenvalue weighted by atomic mass is 19.1. The predicted octanol–water partition coefficient (Wildman–Crippen LogP) is 0.809. The van der Waals surface area contributed by atoms with Gasteiger partial charge in [0, 0.05) is 34.6 Å². The Hall–Kier alpha value is -4.80. The first kappa shape index (κ1) is 36.4. The zero-order valence-corrected chi connectivity index (χ0v) is 25.3. The molecule has 1 N–H and O–H groups in total. The number of hydrogen-bond acceptors (Lipinski definition) is 15. The fourth-order valence-corrected chi connectivity index (χ4v) is 4.38. The van der Waals surface area contributed by atoms with Crippen LogP contribution in [0.2, 0.25) is 0 Å². The molecule has 1 amide bonds. The van der Waals surface area contributed by atoms with Crippen LogP contribution in [0.1, 0.15) is 40.2 Å². The maximum absolute atomic E-state index is 16.4. The monoisotopic (exact) mass is 643 g/mol. The molecule has 2 rings (SSSR count). The summed E-state index contributed by atoms with van der Waals surface area (Å²) in [6.45, 7) is 3.51. The maximum atomic E-state index is 16.4. The molecule has 1 unspecified atom stereocenters. The van der Waals surface area contributed by atoms with E-state index >= 15 is 4.39 Å². The third-order valence-electron chi connectivity index (χ3n) is 6.00. The first-order valence-corrected chi connectivity index (χ1v) is 13.3. The van der Waals surface area contributed by atoms with Gasteiger partial charge in [-0.1, -0.05) is 30.3 Å². The molecule has 0 aliphatic carbocycles. The van der Waals surface area contributed by atoms with E-state index in [-0.39, 0.29) is 6.61 Å². The molecule has 0 bridgehead atoms. The van der Waals surface area contributed by atoms with E-state index in [9.17, 15) is 33.6 Å². The molecule has 0 saturated carbocycles. The van der Waals surface area contributed by atoms with Gasteiger partial charge < -0.3 is 43.2 Å². The van der Waals surface area contributed by atoms with Gasteiger partial charge in [0.1, 0.15) is 25.4 Å². The number of hydrogen-bond donors (Lipinski definition) is 1. The standard InChI is InChI=1S/C28H34FNO15/c1-14(31)39-13-20(41-15(2)32)22(42-16(3)33)23-21(30-27(37)40-12-19-10-8-7-9-11-19)24(43-17(4)34)25(29)28(45-23,26(36)38-6)44-18(5)35/h7-11,20-25H,12-13H2,1-6H3,(H,30,37)/t20-,21+,22-,23-,24-,25-,28?/m1/s1. The summed E-state index contributed by atoms with van der Waals surface area (Å²) < 4.78 is 57.6. The van der Waals surface area contributed by atoms with Gasteiger partial charge in [0.05, 0.1) is 7.11 Å². The maximum Gasteiger partial charge on any atom is 0.407 e. The van der Waals surface area contributed by atoms with Crippen LogP contribution in [0, 0.1) is 0 Å². The highest BCUT2D eigenvalue weighted by Gasteiger charge is 2.67. The van der Waals surface area contributed by atoms with Crippen LogP contribution in [0.25, 0.3) is 0 Å². The number of halogens is 1. The molecule has 16 nitrogen and oxygen atoms in total. The lowest BCUT2D eigenvalue weighted by molar-refractivity contribution is -0.326. The molecule has 7 atom stereocenters. The second-order valence-corrected chi connectivity index (χ2v) is 9.57. The lowest BCUT2D eigenvalue weighted by atomic mass is 9.86. The zero-order valence-electron chi connectivity index (χ0n) is 25.3. The van der Waals surface area contributed by atoms with Crippen molar-refractivity contribution in [2.24, 2.45) is 0 Å². The van der Waals surface area contributed by atoms with Crippen molar-refractivity contribution in [3.63, 3.8) is 0 Å². The molecular formula is C28H34FNO15. The van der Waals surface area contributed by atoms with Gasteiger partial charge in [-0.15, -0.1) is 0 Å². The second-order valence-electron chi connectivity index (χ2n) is 9.57. The van der Waals surface area contributed by atoms with Gasteiger partial charge in [-0.05, 0) is 5.56 Å². The summed E-state index contributed by atoms with van der Waals surface area (Å²) >= 11 is 0. The molecule has 45 heavy (non-hydrogen) atoms. The van der Waals surface area contributed by atoms with E-state index in [0.717, 1.165) is 41.7 Å². The highest BCUT2D eigenvalue weighted by Crippen LogP contribution is 2.39. The number of methoxy groups -OCH3 is 1. The number of rotatable bonds is 12. The Morgan fingerprint density at radius 1 is 0.867 bits per heavy atom. The smallest absolute Gasteiger partial charge is 0.407 e. The van der Waals surface area contributed by atoms with Crippen molar-refractivity contribution < 1.29 is 75.8 Å². The van der Waals surface area contributed by atoms with Crippen LogP contribution >= 0.6 is 0 Å². The first-order valence-electron chi connectivity index (χ1n) is 13.3. The number of alkyl halides is 1. The van der Waals surface area contributed by atoms with Gasteiger partial charge in [0.2, 0.25) is 6.17 Å². The molecule has 1 fully saturated rings. The number of carbonyl (C=O) groups excluding carboxylic acids is 7. The molecule has 17 heteroatoms. The number of ether oxygens (including phenoxy) is 8. The molecule has 248 valence electrons. The van der Waals surface area contributed by atoms with Crippen LogP contribution in [0.4, 0.5) is 9.18 Å². The summed E-state index contributed by atoms with van der Waals surface area (Å²) in [6.07, 6.45) is -12.1. The number of alkyl carbamates (subject to hydrolysis) is 1. The van der Waals surface area contributed by atoms with Crippen molar-refractivity contribution in [1.29, 1.82) is 0 Å². The summed E-state index contributed by atoms with van der Waals surface area (Å²) in [5, 5.41) is 2.26. The van der Waals surface area contributed by atoms with Gasteiger partial charge in [-0.3, -0.25) is 24.0 Å². The molecule has 1 aliphatic heterocycles. The average molecular weight is 644 g/mol. The van der Waals surface area contributed by atoms with E-state index in [1.807, 2.05) is 0 Å². The zero-order chi connectivity index (χ0) is 33.9. The number of nitrogens with one attached hydrogen (secondary N) is 1. The third kappa shape index (κ3) is 10.1. The van der Waals surface area contributed by atoms with Crippen LogP contribution in [0.3, 0.4) is 0 Å². The van der Waals surface area contributed by atoms with Gasteiger partial charge in [0.25, 0.3) is 0 Å². The van der Waals surface area contributed by atoms with Gasteiger partial charge in [-0.25, -0.2) is 14.0 Å². The molecule has 1 aliphatic rings. The molecule has 0 radical (unpaired) electrons. The first-order chi connectivity index (χ1) is 21.1. The Morgan fingerprint density at radius 3 is 2.00 bits per heavy atom. The minimum Gasteiger partial charge on any atom is -0.464 e. The lowest BCUT2D eigenvalue weighted by Crippen LogP contribution is -2.74. The summed E-state index contributed by atoms with van der Waals surface area (Å²) in [7, 11) is 0.802. The average Bonchev–Trinajstić information content (AvgIpc) is 2.95. The summed E-state index contributed by atoms with van der Waals surface area (Å²) in [5.74, 6) is -10.3. The van der Waals surface area contributed by atoms with Crippen molar-refractivity contribution in [1.82, 2.24) is 5.32 Å². The number of esters is 6. The Bertz CT molecular complexity index is 1260. The number of carbonyl (C=O) groups is 7. The molecule has 1 saturated heterocycles. The Kier molecular flexibility index (Phi) is 13.2. The molecule has 0 spiro atoms. The topological polar surface area (TPSA) is 205 Å². The van der Waals surface area contributed by atoms with E-state index in [0.29, 0.717) is 5.56 Å². The normalized spacial score (nSPS) is 23.6. The molecule has 1 aromatic rings. The van der Waals surface area contributed by atoms with Crippen LogP contribution in [-0.4, -0.2) is 98.0 Å². The van der Waals surface area contributed by atoms with Gasteiger partial charge in [0.15, 0.2) is 18.3 Å². The quantitative estimate of drug-likeness (QED) is 0.247. The fourth-order valence-electron chi connectivity index (χ4n) is 4.38. The predicted molar refractivity (Wildman–Crippen MR) is 143 cm³/mol. The van der Waals surface area contributed by atoms with Crippen LogP contribution < -0.4 is 5.32 Å². The summed E-state index contributed by atoms with van der Waals surface area (Å²) in [4.78, 5) is 86.3.